The highest BCUT2D eigenvalue weighted by Gasteiger charge is 2.02. The molecule has 0 fully saturated rings. The Balaban J connectivity index is 2.31. The first kappa shape index (κ1) is 18.4. The van der Waals surface area contributed by atoms with Crippen LogP contribution >= 0.6 is 0 Å². The molecule has 126 valence electrons. The SMILES string of the molecule is CCCN=C(NCCOCCO)NCCn1cnnc1CC. The number of aliphatic imine (C=N–C) groups is 1. The molecule has 0 aliphatic carbocycles. The predicted molar refractivity (Wildman–Crippen MR) is 85.9 cm³/mol. The zero-order valence-corrected chi connectivity index (χ0v) is 13.6. The van der Waals surface area contributed by atoms with E-state index in [1.165, 1.54) is 0 Å². The number of nitrogens with zero attached hydrogens (tertiary/aromatic N) is 4. The lowest BCUT2D eigenvalue weighted by atomic mass is 10.4. The molecular formula is C14H28N6O2. The molecule has 0 aliphatic heterocycles. The third-order valence-corrected chi connectivity index (χ3v) is 2.93. The number of ether oxygens (including phenoxy) is 1. The van der Waals surface area contributed by atoms with Gasteiger partial charge in [0.15, 0.2) is 5.96 Å². The molecule has 0 saturated heterocycles. The number of hydrogen-bond donors (Lipinski definition) is 3. The predicted octanol–water partition coefficient (Wildman–Crippen LogP) is -0.205. The Kier molecular flexibility index (Phi) is 9.97. The van der Waals surface area contributed by atoms with Crippen molar-refractivity contribution in [3.63, 3.8) is 0 Å². The average Bonchev–Trinajstić information content (AvgIpc) is 2.99. The van der Waals surface area contributed by atoms with Crippen molar-refractivity contribution in [3.05, 3.63) is 12.2 Å². The van der Waals surface area contributed by atoms with Gasteiger partial charge in [-0.3, -0.25) is 4.99 Å². The summed E-state index contributed by atoms with van der Waals surface area (Å²) in [5.41, 5.74) is 0. The van der Waals surface area contributed by atoms with Crippen molar-refractivity contribution >= 4 is 5.96 Å². The fraction of sp³-hybridized carbons (Fsp3) is 0.786. The lowest BCUT2D eigenvalue weighted by molar-refractivity contribution is 0.0957. The summed E-state index contributed by atoms with van der Waals surface area (Å²) in [6.45, 7) is 8.09. The van der Waals surface area contributed by atoms with Crippen molar-refractivity contribution in [2.75, 3.05) is 39.5 Å². The Labute approximate surface area is 132 Å². The molecular weight excluding hydrogens is 284 g/mol. The van der Waals surface area contributed by atoms with Crippen molar-refractivity contribution < 1.29 is 9.84 Å². The zero-order chi connectivity index (χ0) is 16.0. The van der Waals surface area contributed by atoms with Crippen molar-refractivity contribution in [1.29, 1.82) is 0 Å². The molecule has 0 atom stereocenters. The van der Waals surface area contributed by atoms with E-state index in [0.29, 0.717) is 19.8 Å². The van der Waals surface area contributed by atoms with E-state index < -0.39 is 0 Å². The smallest absolute Gasteiger partial charge is 0.191 e. The van der Waals surface area contributed by atoms with E-state index in [1.54, 1.807) is 6.33 Å². The molecule has 0 amide bonds. The van der Waals surface area contributed by atoms with Crippen molar-refractivity contribution in [3.8, 4) is 0 Å². The molecule has 1 aromatic heterocycles. The molecule has 1 aromatic rings. The Morgan fingerprint density at radius 2 is 2.14 bits per heavy atom. The number of aryl methyl sites for hydroxylation is 1. The Morgan fingerprint density at radius 3 is 2.86 bits per heavy atom. The lowest BCUT2D eigenvalue weighted by Crippen LogP contribution is -2.40. The Hall–Kier alpha value is -1.67. The maximum absolute atomic E-state index is 8.65. The highest BCUT2D eigenvalue weighted by atomic mass is 16.5. The summed E-state index contributed by atoms with van der Waals surface area (Å²) in [5, 5.41) is 23.1. The molecule has 3 N–H and O–H groups in total. The molecule has 0 radical (unpaired) electrons. The average molecular weight is 312 g/mol. The molecule has 0 unspecified atom stereocenters. The summed E-state index contributed by atoms with van der Waals surface area (Å²) in [6.07, 6.45) is 3.62. The molecule has 22 heavy (non-hydrogen) atoms. The van der Waals surface area contributed by atoms with Gasteiger partial charge in [0.1, 0.15) is 12.2 Å². The summed E-state index contributed by atoms with van der Waals surface area (Å²) in [5.74, 6) is 1.76. The van der Waals surface area contributed by atoms with Crippen LogP contribution in [0.15, 0.2) is 11.3 Å². The van der Waals surface area contributed by atoms with Gasteiger partial charge < -0.3 is 25.0 Å². The molecule has 0 spiro atoms. The Bertz CT molecular complexity index is 421. The van der Waals surface area contributed by atoms with Gasteiger partial charge in [-0.1, -0.05) is 13.8 Å². The maximum Gasteiger partial charge on any atom is 0.191 e. The highest BCUT2D eigenvalue weighted by Crippen LogP contribution is 1.94. The van der Waals surface area contributed by atoms with E-state index in [-0.39, 0.29) is 6.61 Å². The largest absolute Gasteiger partial charge is 0.394 e. The summed E-state index contributed by atoms with van der Waals surface area (Å²) in [6, 6.07) is 0. The molecule has 0 aromatic carbocycles. The minimum absolute atomic E-state index is 0.0493. The number of hydrogen-bond acceptors (Lipinski definition) is 5. The highest BCUT2D eigenvalue weighted by molar-refractivity contribution is 5.79. The van der Waals surface area contributed by atoms with Gasteiger partial charge in [0.2, 0.25) is 0 Å². The lowest BCUT2D eigenvalue weighted by Gasteiger charge is -2.13. The van der Waals surface area contributed by atoms with Gasteiger partial charge in [-0.2, -0.15) is 0 Å². The second kappa shape index (κ2) is 11.9. The third-order valence-electron chi connectivity index (χ3n) is 2.93. The van der Waals surface area contributed by atoms with Crippen LogP contribution in [0.5, 0.6) is 0 Å². The number of aliphatic hydroxyl groups is 1. The van der Waals surface area contributed by atoms with Crippen LogP contribution in [0.1, 0.15) is 26.1 Å². The van der Waals surface area contributed by atoms with Crippen LogP contribution in [0, 0.1) is 0 Å². The van der Waals surface area contributed by atoms with E-state index in [9.17, 15) is 0 Å². The summed E-state index contributed by atoms with van der Waals surface area (Å²) >= 11 is 0. The van der Waals surface area contributed by atoms with Gasteiger partial charge >= 0.3 is 0 Å². The van der Waals surface area contributed by atoms with Crippen LogP contribution in [-0.2, 0) is 17.7 Å². The third kappa shape index (κ3) is 7.37. The number of rotatable bonds is 11. The summed E-state index contributed by atoms with van der Waals surface area (Å²) < 4.78 is 7.25. The standard InChI is InChI=1S/C14H28N6O2/c1-3-5-15-14(17-7-10-22-11-9-21)16-6-8-20-12-18-19-13(20)4-2/h12,21H,3-11H2,1-2H3,(H2,15,16,17). The monoisotopic (exact) mass is 312 g/mol. The number of guanidine groups is 1. The van der Waals surface area contributed by atoms with Crippen LogP contribution in [0.2, 0.25) is 0 Å². The number of nitrogens with one attached hydrogen (secondary N) is 2. The van der Waals surface area contributed by atoms with Gasteiger partial charge in [0.25, 0.3) is 0 Å². The van der Waals surface area contributed by atoms with Crippen LogP contribution in [0.25, 0.3) is 0 Å². The summed E-state index contributed by atoms with van der Waals surface area (Å²) in [4.78, 5) is 4.47. The maximum atomic E-state index is 8.65. The van der Waals surface area contributed by atoms with Crippen molar-refractivity contribution in [2.24, 2.45) is 4.99 Å². The normalized spacial score (nSPS) is 11.7. The minimum Gasteiger partial charge on any atom is -0.394 e. The Morgan fingerprint density at radius 1 is 1.32 bits per heavy atom. The van der Waals surface area contributed by atoms with Gasteiger partial charge in [-0.15, -0.1) is 10.2 Å². The fourth-order valence-electron chi connectivity index (χ4n) is 1.84. The van der Waals surface area contributed by atoms with Gasteiger partial charge in [0.05, 0.1) is 19.8 Å². The van der Waals surface area contributed by atoms with Gasteiger partial charge in [0, 0.05) is 32.6 Å². The van der Waals surface area contributed by atoms with E-state index in [4.69, 9.17) is 9.84 Å². The molecule has 8 heteroatoms. The van der Waals surface area contributed by atoms with E-state index in [1.807, 2.05) is 4.57 Å². The van der Waals surface area contributed by atoms with Crippen LogP contribution in [0.3, 0.4) is 0 Å². The summed E-state index contributed by atoms with van der Waals surface area (Å²) in [7, 11) is 0. The van der Waals surface area contributed by atoms with E-state index >= 15 is 0 Å². The molecule has 0 saturated carbocycles. The van der Waals surface area contributed by atoms with Crippen molar-refractivity contribution in [2.45, 2.75) is 33.2 Å². The minimum atomic E-state index is 0.0493. The first-order valence-electron chi connectivity index (χ1n) is 7.89. The quantitative estimate of drug-likeness (QED) is 0.297. The van der Waals surface area contributed by atoms with Crippen LogP contribution < -0.4 is 10.6 Å². The zero-order valence-electron chi connectivity index (χ0n) is 13.6. The van der Waals surface area contributed by atoms with Crippen LogP contribution in [0.4, 0.5) is 0 Å². The molecule has 0 bridgehead atoms. The molecule has 1 rings (SSSR count). The first-order valence-corrected chi connectivity index (χ1v) is 7.89. The molecule has 1 heterocycles. The topological polar surface area (TPSA) is 96.6 Å². The van der Waals surface area contributed by atoms with Gasteiger partial charge in [-0.25, -0.2) is 0 Å². The second-order valence-corrected chi connectivity index (χ2v) is 4.71. The van der Waals surface area contributed by atoms with E-state index in [0.717, 1.165) is 44.3 Å². The molecule has 8 nitrogen and oxygen atoms in total. The second-order valence-electron chi connectivity index (χ2n) is 4.71. The fourth-order valence-corrected chi connectivity index (χ4v) is 1.84. The van der Waals surface area contributed by atoms with Gasteiger partial charge in [-0.05, 0) is 6.42 Å². The van der Waals surface area contributed by atoms with E-state index in [2.05, 4.69) is 39.7 Å². The first-order chi connectivity index (χ1) is 10.8. The van der Waals surface area contributed by atoms with Crippen LogP contribution in [-0.4, -0.2) is 65.3 Å². The number of aromatic nitrogens is 3. The molecule has 0 aliphatic rings. The number of aliphatic hydroxyl groups excluding tert-OH is 1. The van der Waals surface area contributed by atoms with Crippen molar-refractivity contribution in [1.82, 2.24) is 25.4 Å².